The maximum Gasteiger partial charge on any atom is 0.413 e. The van der Waals surface area contributed by atoms with Gasteiger partial charge in [-0.1, -0.05) is 6.58 Å². The fourth-order valence-corrected chi connectivity index (χ4v) is 3.02. The molecule has 12 nitrogen and oxygen atoms in total. The van der Waals surface area contributed by atoms with Crippen LogP contribution in [0.25, 0.3) is 10.6 Å². The van der Waals surface area contributed by atoms with Gasteiger partial charge in [-0.25, -0.2) is 19.6 Å². The quantitative estimate of drug-likeness (QED) is 0.351. The van der Waals surface area contributed by atoms with Crippen LogP contribution in [0.2, 0.25) is 0 Å². The molecule has 2 aromatic heterocycles. The highest BCUT2D eigenvalue weighted by atomic mass is 32.1. The lowest BCUT2D eigenvalue weighted by Crippen LogP contribution is -2.49. The number of ether oxygens (including phenoxy) is 1. The second kappa shape index (κ2) is 10.7. The van der Waals surface area contributed by atoms with Crippen LogP contribution in [0, 0.1) is 0 Å². The van der Waals surface area contributed by atoms with Gasteiger partial charge in [0.15, 0.2) is 0 Å². The summed E-state index contributed by atoms with van der Waals surface area (Å²) in [4.78, 5) is 55.3. The first-order chi connectivity index (χ1) is 15.4. The van der Waals surface area contributed by atoms with Gasteiger partial charge < -0.3 is 25.6 Å². The minimum absolute atomic E-state index is 0.0192. The van der Waals surface area contributed by atoms with Crippen LogP contribution < -0.4 is 16.0 Å². The van der Waals surface area contributed by atoms with Gasteiger partial charge in [0, 0.05) is 17.1 Å². The van der Waals surface area contributed by atoms with E-state index in [1.165, 1.54) is 11.6 Å². The van der Waals surface area contributed by atoms with E-state index in [2.05, 4.69) is 27.2 Å². The van der Waals surface area contributed by atoms with Gasteiger partial charge in [-0.2, -0.15) is 0 Å². The van der Waals surface area contributed by atoms with E-state index < -0.39 is 47.8 Å². The number of carbonyl (C=O) groups excluding carboxylic acids is 3. The SMILES string of the molecule is C=C(NC(=O)C(CO)NC(=O)c1csc(-c2ccc(NC(=O)OC(C)(C)C)nc2)n1)C(=O)O. The summed E-state index contributed by atoms with van der Waals surface area (Å²) in [7, 11) is 0. The van der Waals surface area contributed by atoms with Crippen LogP contribution in [0.4, 0.5) is 10.6 Å². The Balaban J connectivity index is 2.02. The average Bonchev–Trinajstić information content (AvgIpc) is 3.21. The number of thiazole rings is 1. The molecule has 0 aliphatic heterocycles. The summed E-state index contributed by atoms with van der Waals surface area (Å²) >= 11 is 1.14. The summed E-state index contributed by atoms with van der Waals surface area (Å²) in [6.45, 7) is 7.60. The normalized spacial score (nSPS) is 11.8. The maximum atomic E-state index is 12.4. The summed E-state index contributed by atoms with van der Waals surface area (Å²) in [6, 6.07) is 1.78. The number of amides is 3. The summed E-state index contributed by atoms with van der Waals surface area (Å²) in [5.41, 5.74) is -0.694. The fourth-order valence-electron chi connectivity index (χ4n) is 2.23. The Kier molecular flexibility index (Phi) is 8.21. The average molecular weight is 477 g/mol. The molecule has 0 bridgehead atoms. The first-order valence-corrected chi connectivity index (χ1v) is 10.3. The molecule has 0 aromatic carbocycles. The van der Waals surface area contributed by atoms with Crippen LogP contribution in [0.5, 0.6) is 0 Å². The van der Waals surface area contributed by atoms with E-state index in [0.29, 0.717) is 10.6 Å². The first-order valence-electron chi connectivity index (χ1n) is 9.46. The van der Waals surface area contributed by atoms with Crippen LogP contribution >= 0.6 is 11.3 Å². The van der Waals surface area contributed by atoms with Crippen molar-refractivity contribution in [2.75, 3.05) is 11.9 Å². The molecular formula is C20H23N5O7S. The minimum atomic E-state index is -1.45. The van der Waals surface area contributed by atoms with E-state index in [1.54, 1.807) is 32.9 Å². The van der Waals surface area contributed by atoms with Crippen molar-refractivity contribution in [3.63, 3.8) is 0 Å². The Hall–Kier alpha value is -3.84. The number of rotatable bonds is 8. The molecule has 1 atom stereocenters. The zero-order valence-electron chi connectivity index (χ0n) is 18.0. The Bertz CT molecular complexity index is 1060. The topological polar surface area (TPSA) is 180 Å². The van der Waals surface area contributed by atoms with Gasteiger partial charge in [-0.05, 0) is 32.9 Å². The zero-order chi connectivity index (χ0) is 24.8. The van der Waals surface area contributed by atoms with Crippen molar-refractivity contribution in [1.29, 1.82) is 0 Å². The standard InChI is InChI=1S/C20H23N5O7S/c1-10(18(29)30)22-15(27)12(8-26)23-16(28)13-9-33-17(24-13)11-5-6-14(21-7-11)25-19(31)32-20(2,3)4/h5-7,9,12,26H,1,8H2,2-4H3,(H,22,27)(H,23,28)(H,29,30)(H,21,25,31). The van der Waals surface area contributed by atoms with Crippen molar-refractivity contribution >= 4 is 41.0 Å². The highest BCUT2D eigenvalue weighted by Crippen LogP contribution is 2.24. The first kappa shape index (κ1) is 25.4. The van der Waals surface area contributed by atoms with Gasteiger partial charge in [0.25, 0.3) is 5.91 Å². The van der Waals surface area contributed by atoms with Gasteiger partial charge in [0.1, 0.15) is 33.9 Å². The summed E-state index contributed by atoms with van der Waals surface area (Å²) < 4.78 is 5.15. The smallest absolute Gasteiger partial charge is 0.413 e. The van der Waals surface area contributed by atoms with Gasteiger partial charge in [-0.15, -0.1) is 11.3 Å². The number of nitrogens with zero attached hydrogens (tertiary/aromatic N) is 2. The van der Waals surface area contributed by atoms with E-state index in [-0.39, 0.29) is 11.5 Å². The van der Waals surface area contributed by atoms with Crippen LogP contribution in [-0.4, -0.2) is 62.3 Å². The number of hydrogen-bond acceptors (Lipinski definition) is 9. The molecule has 1 unspecified atom stereocenters. The summed E-state index contributed by atoms with van der Waals surface area (Å²) in [5.74, 6) is -2.87. The lowest BCUT2D eigenvalue weighted by Gasteiger charge is -2.19. The largest absolute Gasteiger partial charge is 0.477 e. The number of aliphatic hydroxyl groups is 1. The Morgan fingerprint density at radius 1 is 1.24 bits per heavy atom. The number of carboxylic acids is 1. The van der Waals surface area contributed by atoms with Gasteiger partial charge in [-0.3, -0.25) is 14.9 Å². The highest BCUT2D eigenvalue weighted by Gasteiger charge is 2.24. The molecule has 2 heterocycles. The highest BCUT2D eigenvalue weighted by molar-refractivity contribution is 7.13. The van der Waals surface area contributed by atoms with Crippen LogP contribution in [-0.2, 0) is 14.3 Å². The number of carboxylic acid groups (broad SMARTS) is 1. The third-order valence-electron chi connectivity index (χ3n) is 3.71. The number of pyridine rings is 1. The molecule has 0 aliphatic carbocycles. The lowest BCUT2D eigenvalue weighted by molar-refractivity contribution is -0.135. The van der Waals surface area contributed by atoms with Crippen LogP contribution in [0.1, 0.15) is 31.3 Å². The van der Waals surface area contributed by atoms with Gasteiger partial charge in [0.05, 0.1) is 6.61 Å². The molecule has 2 aromatic rings. The fraction of sp³-hybridized carbons (Fsp3) is 0.300. The Morgan fingerprint density at radius 2 is 1.94 bits per heavy atom. The third-order valence-corrected chi connectivity index (χ3v) is 4.60. The molecule has 0 aliphatic rings. The number of aliphatic carboxylic acids is 1. The Morgan fingerprint density at radius 3 is 2.48 bits per heavy atom. The lowest BCUT2D eigenvalue weighted by atomic mass is 10.2. The number of aliphatic hydroxyl groups excluding tert-OH is 1. The molecular weight excluding hydrogens is 454 g/mol. The molecule has 0 saturated heterocycles. The minimum Gasteiger partial charge on any atom is -0.477 e. The van der Waals surface area contributed by atoms with Crippen molar-refractivity contribution in [1.82, 2.24) is 20.6 Å². The molecule has 0 saturated carbocycles. The van der Waals surface area contributed by atoms with Crippen molar-refractivity contribution < 1.29 is 34.1 Å². The van der Waals surface area contributed by atoms with E-state index in [4.69, 9.17) is 9.84 Å². The number of anilines is 1. The van der Waals surface area contributed by atoms with Crippen molar-refractivity contribution in [2.24, 2.45) is 0 Å². The molecule has 13 heteroatoms. The van der Waals surface area contributed by atoms with E-state index in [1.807, 2.05) is 5.32 Å². The Labute approximate surface area is 192 Å². The van der Waals surface area contributed by atoms with Crippen LogP contribution in [0.15, 0.2) is 36.0 Å². The molecule has 176 valence electrons. The zero-order valence-corrected chi connectivity index (χ0v) is 18.9. The number of nitrogens with one attached hydrogen (secondary N) is 3. The maximum absolute atomic E-state index is 12.4. The summed E-state index contributed by atoms with van der Waals surface area (Å²) in [6.07, 6.45) is 0.805. The van der Waals surface area contributed by atoms with Crippen molar-refractivity contribution in [3.05, 3.63) is 41.7 Å². The van der Waals surface area contributed by atoms with E-state index >= 15 is 0 Å². The van der Waals surface area contributed by atoms with Crippen LogP contribution in [0.3, 0.4) is 0 Å². The molecule has 33 heavy (non-hydrogen) atoms. The van der Waals surface area contributed by atoms with Crippen molar-refractivity contribution in [2.45, 2.75) is 32.4 Å². The van der Waals surface area contributed by atoms with E-state index in [0.717, 1.165) is 11.3 Å². The third kappa shape index (κ3) is 7.66. The van der Waals surface area contributed by atoms with Gasteiger partial charge >= 0.3 is 12.1 Å². The molecule has 2 rings (SSSR count). The molecule has 3 amide bonds. The number of carbonyl (C=O) groups is 4. The molecule has 0 radical (unpaired) electrons. The molecule has 5 N–H and O–H groups in total. The predicted molar refractivity (Wildman–Crippen MR) is 118 cm³/mol. The molecule has 0 fully saturated rings. The predicted octanol–water partition coefficient (Wildman–Crippen LogP) is 1.36. The number of hydrogen-bond donors (Lipinski definition) is 5. The van der Waals surface area contributed by atoms with Gasteiger partial charge in [0.2, 0.25) is 5.91 Å². The second-order valence-corrected chi connectivity index (χ2v) is 8.44. The molecule has 0 spiro atoms. The second-order valence-electron chi connectivity index (χ2n) is 7.58. The monoisotopic (exact) mass is 477 g/mol. The van der Waals surface area contributed by atoms with E-state index in [9.17, 15) is 24.3 Å². The van der Waals surface area contributed by atoms with Crippen molar-refractivity contribution in [3.8, 4) is 10.6 Å². The summed E-state index contributed by atoms with van der Waals surface area (Å²) in [5, 5.41) is 26.8. The number of aromatic nitrogens is 2.